The molecule has 0 saturated carbocycles. The molecule has 4 aromatic rings. The van der Waals surface area contributed by atoms with E-state index >= 15 is 0 Å². The molecule has 0 bridgehead atoms. The van der Waals surface area contributed by atoms with Crippen LogP contribution in [0.1, 0.15) is 0 Å². The molecular weight excluding hydrogens is 455 g/mol. The minimum absolute atomic E-state index is 0. The highest BCUT2D eigenvalue weighted by molar-refractivity contribution is 7.96. The molecule has 7 heteroatoms. The number of halogens is 1. The van der Waals surface area contributed by atoms with Crippen molar-refractivity contribution in [2.24, 2.45) is 0 Å². The maximum atomic E-state index is 13.4. The number of para-hydroxylation sites is 2. The van der Waals surface area contributed by atoms with Crippen LogP contribution in [0.3, 0.4) is 0 Å². The molecule has 0 spiro atoms. The summed E-state index contributed by atoms with van der Waals surface area (Å²) in [6, 6.07) is 36.4. The van der Waals surface area contributed by atoms with Gasteiger partial charge in [-0.25, -0.2) is 0 Å². The maximum absolute atomic E-state index is 13.4. The number of carbonyl (C=O) groups is 1. The normalized spacial score (nSPS) is 10.7. The van der Waals surface area contributed by atoms with Crippen molar-refractivity contribution in [2.45, 2.75) is 0 Å². The van der Waals surface area contributed by atoms with Gasteiger partial charge in [0, 0.05) is 6.07 Å². The molecule has 0 aliphatic heterocycles. The molecule has 4 aromatic carbocycles. The smallest absolute Gasteiger partial charge is 0.292 e. The lowest BCUT2D eigenvalue weighted by atomic mass is 10.2. The lowest BCUT2D eigenvalue weighted by Crippen LogP contribution is -3.00. The van der Waals surface area contributed by atoms with Crippen molar-refractivity contribution in [1.29, 1.82) is 0 Å². The molecule has 33 heavy (non-hydrogen) atoms. The van der Waals surface area contributed by atoms with Crippen molar-refractivity contribution in [3.8, 4) is 0 Å². The van der Waals surface area contributed by atoms with E-state index in [0.29, 0.717) is 0 Å². The van der Waals surface area contributed by atoms with E-state index in [-0.39, 0.29) is 35.9 Å². The number of nitrogens with one attached hydrogen (secondary N) is 1. The van der Waals surface area contributed by atoms with Crippen molar-refractivity contribution in [3.05, 3.63) is 125 Å². The van der Waals surface area contributed by atoms with E-state index in [2.05, 4.69) is 41.7 Å². The zero-order valence-electron chi connectivity index (χ0n) is 17.7. The predicted octanol–water partition coefficient (Wildman–Crippen LogP) is 1.53. The average Bonchev–Trinajstić information content (AvgIpc) is 2.84. The number of anilines is 1. The Bertz CT molecular complexity index is 1130. The first-order valence-corrected chi connectivity index (χ1v) is 12.2. The van der Waals surface area contributed by atoms with Crippen LogP contribution in [0.5, 0.6) is 0 Å². The minimum atomic E-state index is -2.37. The third kappa shape index (κ3) is 5.11. The fourth-order valence-electron chi connectivity index (χ4n) is 3.91. The van der Waals surface area contributed by atoms with Crippen molar-refractivity contribution >= 4 is 40.5 Å². The summed E-state index contributed by atoms with van der Waals surface area (Å²) < 4.78 is 0. The van der Waals surface area contributed by atoms with Crippen LogP contribution in [0.2, 0.25) is 0 Å². The Morgan fingerprint density at radius 2 is 1.09 bits per heavy atom. The van der Waals surface area contributed by atoms with Gasteiger partial charge in [0.2, 0.25) is 0 Å². The number of hydrogen-bond acceptors (Lipinski definition) is 3. The van der Waals surface area contributed by atoms with Gasteiger partial charge >= 0.3 is 0 Å². The Kier molecular flexibility index (Phi) is 7.94. The molecule has 0 aliphatic carbocycles. The molecule has 0 unspecified atom stereocenters. The number of hydrogen-bond donors (Lipinski definition) is 1. The van der Waals surface area contributed by atoms with Gasteiger partial charge in [0.15, 0.2) is 6.16 Å². The molecule has 1 N–H and O–H groups in total. The number of benzene rings is 4. The Balaban J connectivity index is 0.00000306. The lowest BCUT2D eigenvalue weighted by Gasteiger charge is -2.27. The lowest BCUT2D eigenvalue weighted by molar-refractivity contribution is -0.383. The Morgan fingerprint density at radius 1 is 0.697 bits per heavy atom. The number of nitro groups is 1. The molecule has 0 saturated heterocycles. The van der Waals surface area contributed by atoms with Crippen LogP contribution in [-0.2, 0) is 4.79 Å². The van der Waals surface area contributed by atoms with E-state index in [1.54, 1.807) is 18.2 Å². The van der Waals surface area contributed by atoms with E-state index < -0.39 is 12.2 Å². The van der Waals surface area contributed by atoms with Gasteiger partial charge in [-0.15, -0.1) is 0 Å². The molecule has 0 atom stereocenters. The molecule has 5 nitrogen and oxygen atoms in total. The third-order valence-corrected chi connectivity index (χ3v) is 9.65. The minimum Gasteiger partial charge on any atom is -1.00 e. The predicted molar refractivity (Wildman–Crippen MR) is 132 cm³/mol. The van der Waals surface area contributed by atoms with Crippen LogP contribution >= 0.6 is 7.26 Å². The SMILES string of the molecule is O=C(C[P+](c1ccccc1)(c1ccccc1)c1ccccc1)Nc1ccccc1[N+](=O)[O-].[Cl-]. The van der Waals surface area contributed by atoms with Gasteiger partial charge in [-0.1, -0.05) is 66.7 Å². The third-order valence-electron chi connectivity index (χ3n) is 5.35. The van der Waals surface area contributed by atoms with Crippen molar-refractivity contribution in [3.63, 3.8) is 0 Å². The monoisotopic (exact) mass is 476 g/mol. The summed E-state index contributed by atoms with van der Waals surface area (Å²) >= 11 is 0. The van der Waals surface area contributed by atoms with Gasteiger partial charge in [-0.3, -0.25) is 14.9 Å². The topological polar surface area (TPSA) is 72.2 Å². The molecule has 0 fully saturated rings. The van der Waals surface area contributed by atoms with Crippen molar-refractivity contribution < 1.29 is 22.1 Å². The van der Waals surface area contributed by atoms with Gasteiger partial charge in [0.1, 0.15) is 28.9 Å². The summed E-state index contributed by atoms with van der Waals surface area (Å²) in [5, 5.41) is 17.5. The van der Waals surface area contributed by atoms with Gasteiger partial charge in [-0.2, -0.15) is 0 Å². The fourth-order valence-corrected chi connectivity index (χ4v) is 7.91. The highest BCUT2D eigenvalue weighted by atomic mass is 35.5. The molecule has 0 radical (unpaired) electrons. The Morgan fingerprint density at radius 3 is 1.52 bits per heavy atom. The molecule has 0 aromatic heterocycles. The highest BCUT2D eigenvalue weighted by Crippen LogP contribution is 2.55. The standard InChI is InChI=1S/C26H21N2O3P.ClH/c29-26(27-24-18-10-11-19-25(24)28(30)31)20-32(21-12-4-1-5-13-21,22-14-6-2-7-15-22)23-16-8-3-9-17-23;/h1-19H,20H2;1H. The van der Waals surface area contributed by atoms with E-state index in [9.17, 15) is 14.9 Å². The first kappa shape index (κ1) is 24.1. The summed E-state index contributed by atoms with van der Waals surface area (Å²) in [6.45, 7) is 0. The summed E-state index contributed by atoms with van der Waals surface area (Å²) in [5.74, 6) is -0.260. The molecule has 1 amide bonds. The Hall–Kier alpha value is -3.53. The van der Waals surface area contributed by atoms with Gasteiger partial charge in [0.25, 0.3) is 11.6 Å². The van der Waals surface area contributed by atoms with E-state index in [4.69, 9.17) is 0 Å². The average molecular weight is 477 g/mol. The zero-order valence-corrected chi connectivity index (χ0v) is 19.3. The van der Waals surface area contributed by atoms with Crippen LogP contribution < -0.4 is 33.6 Å². The zero-order chi connectivity index (χ0) is 22.4. The first-order chi connectivity index (χ1) is 15.6. The number of rotatable bonds is 7. The van der Waals surface area contributed by atoms with Crippen molar-refractivity contribution in [2.75, 3.05) is 11.5 Å². The van der Waals surface area contributed by atoms with Gasteiger partial charge in [-0.05, 0) is 42.5 Å². The van der Waals surface area contributed by atoms with Gasteiger partial charge < -0.3 is 17.7 Å². The van der Waals surface area contributed by atoms with E-state index in [1.165, 1.54) is 6.07 Å². The molecule has 0 heterocycles. The summed E-state index contributed by atoms with van der Waals surface area (Å²) in [4.78, 5) is 24.3. The van der Waals surface area contributed by atoms with Crippen molar-refractivity contribution in [1.82, 2.24) is 0 Å². The largest absolute Gasteiger partial charge is 1.00 e. The van der Waals surface area contributed by atoms with Crippen LogP contribution in [0.15, 0.2) is 115 Å². The van der Waals surface area contributed by atoms with Crippen LogP contribution in [0, 0.1) is 10.1 Å². The molecule has 4 rings (SSSR count). The number of carbonyl (C=O) groups excluding carboxylic acids is 1. The van der Waals surface area contributed by atoms with Crippen LogP contribution in [0.25, 0.3) is 0 Å². The first-order valence-electron chi connectivity index (χ1n) is 10.2. The summed E-state index contributed by atoms with van der Waals surface area (Å²) in [7, 11) is -2.37. The van der Waals surface area contributed by atoms with E-state index in [0.717, 1.165) is 15.9 Å². The number of nitro benzene ring substituents is 1. The van der Waals surface area contributed by atoms with Crippen LogP contribution in [-0.4, -0.2) is 17.0 Å². The molecular formula is C26H22ClN2O3P. The summed E-state index contributed by atoms with van der Waals surface area (Å²) in [6.07, 6.45) is 0.192. The fraction of sp³-hybridized carbons (Fsp3) is 0.0385. The van der Waals surface area contributed by atoms with Gasteiger partial charge in [0.05, 0.1) is 4.92 Å². The summed E-state index contributed by atoms with van der Waals surface area (Å²) in [5.41, 5.74) is 0.0821. The quantitative estimate of drug-likeness (QED) is 0.250. The maximum Gasteiger partial charge on any atom is 0.292 e. The highest BCUT2D eigenvalue weighted by Gasteiger charge is 2.47. The molecule has 166 valence electrons. The Labute approximate surface area is 199 Å². The second-order valence-corrected chi connectivity index (χ2v) is 10.8. The number of nitrogens with zero attached hydrogens (tertiary/aromatic N) is 1. The number of amides is 1. The van der Waals surface area contributed by atoms with E-state index in [1.807, 2.05) is 54.6 Å². The molecule has 0 aliphatic rings. The van der Waals surface area contributed by atoms with Crippen LogP contribution in [0.4, 0.5) is 11.4 Å². The second-order valence-electron chi connectivity index (χ2n) is 7.30. The second kappa shape index (κ2) is 10.9.